The molecule has 0 unspecified atom stereocenters. The lowest BCUT2D eigenvalue weighted by Gasteiger charge is -2.36. The van der Waals surface area contributed by atoms with Crippen LogP contribution in [0.5, 0.6) is 5.75 Å². The number of halogens is 3. The largest absolute Gasteiger partial charge is 0.573 e. The van der Waals surface area contributed by atoms with Crippen LogP contribution in [-0.4, -0.2) is 66.4 Å². The molecule has 0 saturated carbocycles. The van der Waals surface area contributed by atoms with Crippen LogP contribution < -0.4 is 14.5 Å². The molecule has 4 rings (SSSR count). The Morgan fingerprint density at radius 3 is 2.34 bits per heavy atom. The van der Waals surface area contributed by atoms with E-state index in [9.17, 15) is 18.0 Å². The number of carbonyl (C=O) groups is 1. The summed E-state index contributed by atoms with van der Waals surface area (Å²) in [6, 6.07) is 7.14. The molecule has 2 aliphatic heterocycles. The third-order valence-electron chi connectivity index (χ3n) is 5.67. The highest BCUT2D eigenvalue weighted by molar-refractivity contribution is 5.94. The van der Waals surface area contributed by atoms with Gasteiger partial charge in [-0.3, -0.25) is 4.79 Å². The van der Waals surface area contributed by atoms with E-state index in [0.717, 1.165) is 49.5 Å². The first-order chi connectivity index (χ1) is 15.3. The van der Waals surface area contributed by atoms with Gasteiger partial charge < -0.3 is 19.4 Å². The summed E-state index contributed by atoms with van der Waals surface area (Å²) in [5.41, 5.74) is 1.07. The Bertz CT molecular complexity index is 955. The van der Waals surface area contributed by atoms with Crippen molar-refractivity contribution in [3.05, 3.63) is 41.6 Å². The SMILES string of the molecule is Cc1cc(N2CCN(C(=O)c3cccc(OC(F)(F)F)c3)CC2)nc(N2CCCCC2)n1. The molecule has 1 aromatic carbocycles. The van der Waals surface area contributed by atoms with Gasteiger partial charge in [0.05, 0.1) is 0 Å². The number of rotatable bonds is 4. The van der Waals surface area contributed by atoms with Crippen molar-refractivity contribution in [3.8, 4) is 5.75 Å². The zero-order valence-electron chi connectivity index (χ0n) is 17.9. The zero-order valence-corrected chi connectivity index (χ0v) is 17.9. The van der Waals surface area contributed by atoms with Crippen molar-refractivity contribution in [1.29, 1.82) is 0 Å². The summed E-state index contributed by atoms with van der Waals surface area (Å²) in [6.07, 6.45) is -1.28. The van der Waals surface area contributed by atoms with Crippen molar-refractivity contribution >= 4 is 17.7 Å². The van der Waals surface area contributed by atoms with Crippen molar-refractivity contribution in [3.63, 3.8) is 0 Å². The smallest absolute Gasteiger partial charge is 0.406 e. The number of aryl methyl sites for hydroxylation is 1. The van der Waals surface area contributed by atoms with E-state index >= 15 is 0 Å². The maximum atomic E-state index is 12.8. The standard InChI is InChI=1S/C22H26F3N5O2/c1-16-14-19(27-21(26-16)30-8-3-2-4-9-30)28-10-12-29(13-11-28)20(31)17-6-5-7-18(15-17)32-22(23,24)25/h5-7,14-15H,2-4,8-13H2,1H3. The van der Waals surface area contributed by atoms with E-state index in [1.807, 2.05) is 13.0 Å². The van der Waals surface area contributed by atoms with Crippen molar-refractivity contribution in [2.45, 2.75) is 32.5 Å². The molecule has 1 amide bonds. The number of nitrogens with zero attached hydrogens (tertiary/aromatic N) is 5. The quantitative estimate of drug-likeness (QED) is 0.711. The second-order valence-corrected chi connectivity index (χ2v) is 8.07. The van der Waals surface area contributed by atoms with Gasteiger partial charge in [-0.25, -0.2) is 4.98 Å². The fourth-order valence-corrected chi connectivity index (χ4v) is 4.08. The average molecular weight is 449 g/mol. The highest BCUT2D eigenvalue weighted by Crippen LogP contribution is 2.25. The molecule has 0 radical (unpaired) electrons. The number of hydrogen-bond donors (Lipinski definition) is 0. The Labute approximate surface area is 184 Å². The van der Waals surface area contributed by atoms with Crippen LogP contribution in [0.2, 0.25) is 0 Å². The van der Waals surface area contributed by atoms with E-state index in [1.165, 1.54) is 24.6 Å². The highest BCUT2D eigenvalue weighted by Gasteiger charge is 2.31. The predicted octanol–water partition coefficient (Wildman–Crippen LogP) is 3.64. The van der Waals surface area contributed by atoms with Crippen LogP contribution in [-0.2, 0) is 0 Å². The molecule has 0 N–H and O–H groups in total. The Balaban J connectivity index is 1.41. The highest BCUT2D eigenvalue weighted by atomic mass is 19.4. The van der Waals surface area contributed by atoms with E-state index < -0.39 is 12.1 Å². The number of aromatic nitrogens is 2. The number of ether oxygens (including phenoxy) is 1. The molecule has 7 nitrogen and oxygen atoms in total. The number of carbonyl (C=O) groups excluding carboxylic acids is 1. The maximum Gasteiger partial charge on any atom is 0.573 e. The summed E-state index contributed by atoms with van der Waals surface area (Å²) < 4.78 is 41.3. The lowest BCUT2D eigenvalue weighted by molar-refractivity contribution is -0.274. The first-order valence-corrected chi connectivity index (χ1v) is 10.8. The Morgan fingerprint density at radius 2 is 1.66 bits per heavy atom. The number of benzene rings is 1. The molecule has 0 aliphatic carbocycles. The molecule has 2 saturated heterocycles. The molecular weight excluding hydrogens is 423 g/mol. The molecule has 0 bridgehead atoms. The maximum absolute atomic E-state index is 12.8. The van der Waals surface area contributed by atoms with Crippen LogP contribution in [0.25, 0.3) is 0 Å². The molecule has 0 atom stereocenters. The van der Waals surface area contributed by atoms with Crippen LogP contribution in [0.15, 0.2) is 30.3 Å². The number of alkyl halides is 3. The Hall–Kier alpha value is -3.04. The van der Waals surface area contributed by atoms with Gasteiger partial charge in [0.15, 0.2) is 0 Å². The first-order valence-electron chi connectivity index (χ1n) is 10.8. The van der Waals surface area contributed by atoms with Gasteiger partial charge in [0.2, 0.25) is 5.95 Å². The minimum absolute atomic E-state index is 0.172. The number of amides is 1. The van der Waals surface area contributed by atoms with Crippen molar-refractivity contribution in [1.82, 2.24) is 14.9 Å². The Morgan fingerprint density at radius 1 is 0.938 bits per heavy atom. The first kappa shape index (κ1) is 22.2. The minimum Gasteiger partial charge on any atom is -0.406 e. The van der Waals surface area contributed by atoms with E-state index in [4.69, 9.17) is 4.98 Å². The van der Waals surface area contributed by atoms with Crippen molar-refractivity contribution < 1.29 is 22.7 Å². The normalized spacial score (nSPS) is 17.4. The lowest BCUT2D eigenvalue weighted by Crippen LogP contribution is -2.49. The molecule has 3 heterocycles. The van der Waals surface area contributed by atoms with Crippen LogP contribution in [0.1, 0.15) is 35.3 Å². The van der Waals surface area contributed by atoms with E-state index in [2.05, 4.69) is 19.5 Å². The van der Waals surface area contributed by atoms with Gasteiger partial charge in [-0.1, -0.05) is 6.07 Å². The van der Waals surface area contributed by atoms with Gasteiger partial charge in [-0.2, -0.15) is 4.98 Å². The van der Waals surface area contributed by atoms with Crippen LogP contribution in [0.4, 0.5) is 24.9 Å². The number of anilines is 2. The van der Waals surface area contributed by atoms with Gasteiger partial charge in [-0.15, -0.1) is 13.2 Å². The zero-order chi connectivity index (χ0) is 22.7. The van der Waals surface area contributed by atoms with Crippen LogP contribution in [0.3, 0.4) is 0 Å². The molecule has 2 aliphatic rings. The molecule has 10 heteroatoms. The monoisotopic (exact) mass is 449 g/mol. The summed E-state index contributed by atoms with van der Waals surface area (Å²) in [5.74, 6) is 0.874. The second-order valence-electron chi connectivity index (χ2n) is 8.07. The summed E-state index contributed by atoms with van der Waals surface area (Å²) in [5, 5.41) is 0. The summed E-state index contributed by atoms with van der Waals surface area (Å²) in [4.78, 5) is 28.2. The molecule has 2 fully saturated rings. The third kappa shape index (κ3) is 5.41. The minimum atomic E-state index is -4.80. The molecule has 2 aromatic rings. The summed E-state index contributed by atoms with van der Waals surface area (Å²) in [6.45, 7) is 5.94. The average Bonchev–Trinajstić information content (AvgIpc) is 2.78. The number of piperidine rings is 1. The predicted molar refractivity (Wildman–Crippen MR) is 114 cm³/mol. The van der Waals surface area contributed by atoms with Crippen molar-refractivity contribution in [2.24, 2.45) is 0 Å². The Kier molecular flexibility index (Phi) is 6.38. The van der Waals surface area contributed by atoms with Crippen molar-refractivity contribution in [2.75, 3.05) is 49.1 Å². The summed E-state index contributed by atoms with van der Waals surface area (Å²) >= 11 is 0. The van der Waals surface area contributed by atoms with Gasteiger partial charge in [0.1, 0.15) is 11.6 Å². The third-order valence-corrected chi connectivity index (χ3v) is 5.67. The summed E-state index contributed by atoms with van der Waals surface area (Å²) in [7, 11) is 0. The fraction of sp³-hybridized carbons (Fsp3) is 0.500. The van der Waals surface area contributed by atoms with E-state index in [-0.39, 0.29) is 11.5 Å². The van der Waals surface area contributed by atoms with Crippen LogP contribution >= 0.6 is 0 Å². The molecule has 32 heavy (non-hydrogen) atoms. The fourth-order valence-electron chi connectivity index (χ4n) is 4.08. The van der Waals surface area contributed by atoms with Gasteiger partial charge in [0.25, 0.3) is 5.91 Å². The van der Waals surface area contributed by atoms with E-state index in [1.54, 1.807) is 4.90 Å². The lowest BCUT2D eigenvalue weighted by atomic mass is 10.1. The number of hydrogen-bond acceptors (Lipinski definition) is 6. The number of piperazine rings is 1. The van der Waals surface area contributed by atoms with Gasteiger partial charge in [0, 0.05) is 56.6 Å². The van der Waals surface area contributed by atoms with Gasteiger partial charge in [-0.05, 0) is 44.4 Å². The molecular formula is C22H26F3N5O2. The second kappa shape index (κ2) is 9.22. The molecule has 1 aromatic heterocycles. The molecule has 172 valence electrons. The van der Waals surface area contributed by atoms with Crippen LogP contribution in [0, 0.1) is 6.92 Å². The van der Waals surface area contributed by atoms with Gasteiger partial charge >= 0.3 is 6.36 Å². The topological polar surface area (TPSA) is 61.8 Å². The van der Waals surface area contributed by atoms with E-state index in [0.29, 0.717) is 26.2 Å². The molecule has 0 spiro atoms.